The van der Waals surface area contributed by atoms with E-state index < -0.39 is 5.82 Å². The highest BCUT2D eigenvalue weighted by molar-refractivity contribution is 5.98. The lowest BCUT2D eigenvalue weighted by Gasteiger charge is -2.05. The summed E-state index contributed by atoms with van der Waals surface area (Å²) in [5.74, 6) is -0.145. The van der Waals surface area contributed by atoms with Crippen molar-refractivity contribution >= 4 is 5.78 Å². The van der Waals surface area contributed by atoms with Crippen molar-refractivity contribution < 1.29 is 13.9 Å². The van der Waals surface area contributed by atoms with Crippen LogP contribution in [0.5, 0.6) is 5.75 Å². The van der Waals surface area contributed by atoms with Gasteiger partial charge in [0.1, 0.15) is 11.6 Å². The van der Waals surface area contributed by atoms with Crippen LogP contribution in [0.25, 0.3) is 0 Å². The molecule has 0 unspecified atom stereocenters. The van der Waals surface area contributed by atoms with E-state index in [0.29, 0.717) is 17.7 Å². The molecule has 0 saturated heterocycles. The zero-order valence-electron chi connectivity index (χ0n) is 7.63. The van der Waals surface area contributed by atoms with Crippen molar-refractivity contribution in [3.05, 3.63) is 29.6 Å². The van der Waals surface area contributed by atoms with Gasteiger partial charge in [-0.05, 0) is 12.1 Å². The maximum Gasteiger partial charge on any atom is 0.166 e. The van der Waals surface area contributed by atoms with Gasteiger partial charge >= 0.3 is 0 Å². The average molecular weight is 182 g/mol. The molecule has 0 fully saturated rings. The minimum Gasteiger partial charge on any atom is -0.496 e. The number of carbonyl (C=O) groups is 1. The Morgan fingerprint density at radius 2 is 2.23 bits per heavy atom. The minimum atomic E-state index is -0.399. The Morgan fingerprint density at radius 3 is 2.77 bits per heavy atom. The molecule has 0 N–H and O–H groups in total. The van der Waals surface area contributed by atoms with Gasteiger partial charge in [-0.3, -0.25) is 4.79 Å². The molecule has 0 saturated carbocycles. The summed E-state index contributed by atoms with van der Waals surface area (Å²) in [5, 5.41) is 0. The van der Waals surface area contributed by atoms with Crippen LogP contribution in [-0.4, -0.2) is 12.9 Å². The van der Waals surface area contributed by atoms with Gasteiger partial charge in [-0.1, -0.05) is 6.92 Å². The molecule has 1 aromatic rings. The fourth-order valence-corrected chi connectivity index (χ4v) is 1.09. The molecule has 1 rings (SSSR count). The van der Waals surface area contributed by atoms with E-state index >= 15 is 0 Å². The molecule has 0 spiro atoms. The summed E-state index contributed by atoms with van der Waals surface area (Å²) in [4.78, 5) is 11.3. The summed E-state index contributed by atoms with van der Waals surface area (Å²) in [6.45, 7) is 1.76. The smallest absolute Gasteiger partial charge is 0.166 e. The fourth-order valence-electron chi connectivity index (χ4n) is 1.09. The Hall–Kier alpha value is -1.38. The number of ether oxygens (including phenoxy) is 1. The van der Waals surface area contributed by atoms with E-state index in [9.17, 15) is 9.18 Å². The topological polar surface area (TPSA) is 26.3 Å². The highest BCUT2D eigenvalue weighted by Crippen LogP contribution is 2.20. The van der Waals surface area contributed by atoms with E-state index in [0.717, 1.165) is 0 Å². The Bertz CT molecular complexity index is 321. The van der Waals surface area contributed by atoms with Gasteiger partial charge < -0.3 is 4.74 Å². The standard InChI is InChI=1S/C10H11FO2/c1-3-9(12)8-5-4-7(11)6-10(8)13-2/h4-6H,3H2,1-2H3. The number of benzene rings is 1. The van der Waals surface area contributed by atoms with Crippen molar-refractivity contribution in [2.24, 2.45) is 0 Å². The zero-order valence-corrected chi connectivity index (χ0v) is 7.63. The first-order chi connectivity index (χ1) is 6.19. The molecule has 3 heteroatoms. The molecule has 0 radical (unpaired) electrons. The molecule has 0 atom stereocenters. The first kappa shape index (κ1) is 9.71. The molecule has 70 valence electrons. The third kappa shape index (κ3) is 2.05. The van der Waals surface area contributed by atoms with Gasteiger partial charge in [-0.25, -0.2) is 4.39 Å². The molecular weight excluding hydrogens is 171 g/mol. The summed E-state index contributed by atoms with van der Waals surface area (Å²) < 4.78 is 17.6. The normalized spacial score (nSPS) is 9.77. The predicted octanol–water partition coefficient (Wildman–Crippen LogP) is 2.43. The van der Waals surface area contributed by atoms with E-state index in [4.69, 9.17) is 4.74 Å². The van der Waals surface area contributed by atoms with Gasteiger partial charge in [-0.2, -0.15) is 0 Å². The van der Waals surface area contributed by atoms with E-state index in [2.05, 4.69) is 0 Å². The second-order valence-corrected chi connectivity index (χ2v) is 2.62. The first-order valence-electron chi connectivity index (χ1n) is 4.05. The lowest BCUT2D eigenvalue weighted by atomic mass is 10.1. The number of hydrogen-bond donors (Lipinski definition) is 0. The molecule has 1 aromatic carbocycles. The lowest BCUT2D eigenvalue weighted by molar-refractivity contribution is 0.0985. The Morgan fingerprint density at radius 1 is 1.54 bits per heavy atom. The summed E-state index contributed by atoms with van der Waals surface area (Å²) in [6.07, 6.45) is 0.391. The van der Waals surface area contributed by atoms with E-state index in [1.807, 2.05) is 0 Å². The van der Waals surface area contributed by atoms with Crippen molar-refractivity contribution in [2.45, 2.75) is 13.3 Å². The number of methoxy groups -OCH3 is 1. The molecule has 0 heterocycles. The third-order valence-electron chi connectivity index (χ3n) is 1.79. The van der Waals surface area contributed by atoms with Crippen LogP contribution in [0.15, 0.2) is 18.2 Å². The molecule has 0 aliphatic rings. The van der Waals surface area contributed by atoms with Crippen LogP contribution >= 0.6 is 0 Å². The SMILES string of the molecule is CCC(=O)c1ccc(F)cc1OC. The van der Waals surface area contributed by atoms with Crippen LogP contribution < -0.4 is 4.74 Å². The summed E-state index contributed by atoms with van der Waals surface area (Å²) in [5.41, 5.74) is 0.436. The highest BCUT2D eigenvalue weighted by Gasteiger charge is 2.10. The molecule has 0 amide bonds. The molecule has 0 bridgehead atoms. The second-order valence-electron chi connectivity index (χ2n) is 2.62. The van der Waals surface area contributed by atoms with Crippen molar-refractivity contribution in [1.29, 1.82) is 0 Å². The maximum absolute atomic E-state index is 12.7. The molecule has 0 aromatic heterocycles. The minimum absolute atomic E-state index is 0.0446. The Labute approximate surface area is 76.3 Å². The van der Waals surface area contributed by atoms with Crippen molar-refractivity contribution in [3.8, 4) is 5.75 Å². The molecular formula is C10H11FO2. The monoisotopic (exact) mass is 182 g/mol. The van der Waals surface area contributed by atoms with E-state index in [1.54, 1.807) is 6.92 Å². The molecule has 2 nitrogen and oxygen atoms in total. The molecule has 0 aliphatic heterocycles. The summed E-state index contributed by atoms with van der Waals surface area (Å²) in [7, 11) is 1.42. The summed E-state index contributed by atoms with van der Waals surface area (Å²) in [6, 6.07) is 3.91. The zero-order chi connectivity index (χ0) is 9.84. The Balaban J connectivity index is 3.13. The van der Waals surface area contributed by atoms with E-state index in [-0.39, 0.29) is 5.78 Å². The van der Waals surface area contributed by atoms with Crippen molar-refractivity contribution in [1.82, 2.24) is 0 Å². The predicted molar refractivity (Wildman–Crippen MR) is 47.6 cm³/mol. The van der Waals surface area contributed by atoms with E-state index in [1.165, 1.54) is 25.3 Å². The van der Waals surface area contributed by atoms with Gasteiger partial charge in [0.25, 0.3) is 0 Å². The van der Waals surface area contributed by atoms with Crippen LogP contribution in [0.2, 0.25) is 0 Å². The molecule has 0 aliphatic carbocycles. The van der Waals surface area contributed by atoms with Crippen LogP contribution in [0.1, 0.15) is 23.7 Å². The Kier molecular flexibility index (Phi) is 3.01. The summed E-state index contributed by atoms with van der Waals surface area (Å²) >= 11 is 0. The van der Waals surface area contributed by atoms with Crippen molar-refractivity contribution in [2.75, 3.05) is 7.11 Å². The highest BCUT2D eigenvalue weighted by atomic mass is 19.1. The number of carbonyl (C=O) groups excluding carboxylic acids is 1. The largest absolute Gasteiger partial charge is 0.496 e. The lowest BCUT2D eigenvalue weighted by Crippen LogP contribution is -2.00. The fraction of sp³-hybridized carbons (Fsp3) is 0.300. The van der Waals surface area contributed by atoms with Gasteiger partial charge in [-0.15, -0.1) is 0 Å². The third-order valence-corrected chi connectivity index (χ3v) is 1.79. The van der Waals surface area contributed by atoms with Gasteiger partial charge in [0, 0.05) is 12.5 Å². The number of ketones is 1. The van der Waals surface area contributed by atoms with Crippen LogP contribution in [0.3, 0.4) is 0 Å². The average Bonchev–Trinajstić information content (AvgIpc) is 2.16. The van der Waals surface area contributed by atoms with Gasteiger partial charge in [0.05, 0.1) is 12.7 Å². The van der Waals surface area contributed by atoms with Gasteiger partial charge in [0.15, 0.2) is 5.78 Å². The number of rotatable bonds is 3. The van der Waals surface area contributed by atoms with Crippen molar-refractivity contribution in [3.63, 3.8) is 0 Å². The number of hydrogen-bond acceptors (Lipinski definition) is 2. The number of Topliss-reactive ketones (excluding diaryl/α,β-unsaturated/α-hetero) is 1. The van der Waals surface area contributed by atoms with Gasteiger partial charge in [0.2, 0.25) is 0 Å². The second kappa shape index (κ2) is 4.03. The molecule has 13 heavy (non-hydrogen) atoms. The maximum atomic E-state index is 12.7. The van der Waals surface area contributed by atoms with Crippen LogP contribution in [-0.2, 0) is 0 Å². The number of halogens is 1. The van der Waals surface area contributed by atoms with Crippen LogP contribution in [0.4, 0.5) is 4.39 Å². The van der Waals surface area contributed by atoms with Crippen LogP contribution in [0, 0.1) is 5.82 Å². The quantitative estimate of drug-likeness (QED) is 0.671. The first-order valence-corrected chi connectivity index (χ1v) is 4.05.